The second-order valence-electron chi connectivity index (χ2n) is 6.03. The molecule has 0 unspecified atom stereocenters. The predicted molar refractivity (Wildman–Crippen MR) is 87.8 cm³/mol. The van der Waals surface area contributed by atoms with Gasteiger partial charge >= 0.3 is 12.1 Å². The Hall–Kier alpha value is -2.28. The highest BCUT2D eigenvalue weighted by molar-refractivity contribution is 7.92. The van der Waals surface area contributed by atoms with Gasteiger partial charge in [-0.1, -0.05) is 0 Å². The minimum Gasteiger partial charge on any atom is -0.485 e. The second-order valence-corrected chi connectivity index (χ2v) is 8.58. The molecule has 0 atom stereocenters. The molecule has 2 heterocycles. The first kappa shape index (κ1) is 22.0. The van der Waals surface area contributed by atoms with E-state index in [0.717, 1.165) is 24.4 Å². The fourth-order valence-corrected chi connectivity index (χ4v) is 2.75. The van der Waals surface area contributed by atoms with Gasteiger partial charge in [-0.25, -0.2) is 18.0 Å². The summed E-state index contributed by atoms with van der Waals surface area (Å²) in [5, 5.41) is 10.4. The van der Waals surface area contributed by atoms with Crippen LogP contribution in [0.3, 0.4) is 0 Å². The van der Waals surface area contributed by atoms with Gasteiger partial charge in [-0.05, 0) is 12.1 Å². The first-order valence-electron chi connectivity index (χ1n) is 7.47. The van der Waals surface area contributed by atoms with Gasteiger partial charge in [0, 0.05) is 28.3 Å². The standard InChI is InChI=1S/C15H15F6N3O3S/c1-28(2,26)23-9-5-11(16)13(24(25)7-9)12-4-3-10(6-22-12)27-8-14(17,18)15(19,20)21/h3-6,25H,7-8H2,1-2H3. The molecule has 0 bridgehead atoms. The summed E-state index contributed by atoms with van der Waals surface area (Å²) >= 11 is 0. The Kier molecular flexibility index (Phi) is 5.99. The number of alkyl halides is 5. The van der Waals surface area contributed by atoms with Crippen LogP contribution in [0.15, 0.2) is 40.3 Å². The molecule has 28 heavy (non-hydrogen) atoms. The third-order valence-corrected chi connectivity index (χ3v) is 3.91. The van der Waals surface area contributed by atoms with E-state index in [1.54, 1.807) is 0 Å². The minimum absolute atomic E-state index is 0.0214. The van der Waals surface area contributed by atoms with E-state index in [0.29, 0.717) is 5.06 Å². The number of rotatable bonds is 5. The van der Waals surface area contributed by atoms with E-state index in [4.69, 9.17) is 0 Å². The molecule has 0 spiro atoms. The van der Waals surface area contributed by atoms with E-state index < -0.39 is 40.0 Å². The number of halogens is 6. The zero-order chi connectivity index (χ0) is 21.3. The van der Waals surface area contributed by atoms with Gasteiger partial charge in [0.1, 0.15) is 11.4 Å². The molecule has 156 valence electrons. The van der Waals surface area contributed by atoms with E-state index in [1.165, 1.54) is 12.5 Å². The maximum absolute atomic E-state index is 14.3. The van der Waals surface area contributed by atoms with Gasteiger partial charge in [-0.3, -0.25) is 10.2 Å². The zero-order valence-corrected chi connectivity index (χ0v) is 15.3. The van der Waals surface area contributed by atoms with Gasteiger partial charge in [-0.2, -0.15) is 22.0 Å². The molecular formula is C15H15F6N3O3S. The van der Waals surface area contributed by atoms with Crippen LogP contribution in [0.2, 0.25) is 0 Å². The van der Waals surface area contributed by atoms with E-state index in [1.807, 2.05) is 0 Å². The molecule has 1 aromatic rings. The van der Waals surface area contributed by atoms with Crippen LogP contribution in [0.5, 0.6) is 5.75 Å². The Morgan fingerprint density at radius 2 is 1.93 bits per heavy atom. The number of hydrogen-bond acceptors (Lipinski definition) is 6. The molecule has 0 aromatic carbocycles. The molecule has 0 saturated heterocycles. The Balaban J connectivity index is 2.21. The van der Waals surface area contributed by atoms with Crippen molar-refractivity contribution in [2.75, 3.05) is 25.7 Å². The molecule has 0 fully saturated rings. The van der Waals surface area contributed by atoms with Crippen LogP contribution in [0.4, 0.5) is 26.3 Å². The molecular weight excluding hydrogens is 416 g/mol. The second kappa shape index (κ2) is 7.62. The summed E-state index contributed by atoms with van der Waals surface area (Å²) in [6, 6.07) is 2.06. The van der Waals surface area contributed by atoms with Gasteiger partial charge in [0.05, 0.1) is 24.1 Å². The average molecular weight is 431 g/mol. The Morgan fingerprint density at radius 1 is 1.29 bits per heavy atom. The number of aromatic nitrogens is 1. The topological polar surface area (TPSA) is 75.0 Å². The summed E-state index contributed by atoms with van der Waals surface area (Å²) in [5.74, 6) is -6.41. The number of ether oxygens (including phenoxy) is 1. The lowest BCUT2D eigenvalue weighted by Crippen LogP contribution is -2.41. The van der Waals surface area contributed by atoms with Gasteiger partial charge in [0.2, 0.25) is 0 Å². The molecule has 1 N–H and O–H groups in total. The molecule has 2 rings (SSSR count). The fraction of sp³-hybridized carbons (Fsp3) is 0.400. The molecule has 1 aliphatic rings. The van der Waals surface area contributed by atoms with E-state index in [9.17, 15) is 35.8 Å². The Labute approximate surface area is 156 Å². The number of hydroxylamine groups is 2. The highest BCUT2D eigenvalue weighted by Gasteiger charge is 2.58. The van der Waals surface area contributed by atoms with Crippen LogP contribution in [-0.4, -0.2) is 57.2 Å². The highest BCUT2D eigenvalue weighted by atomic mass is 32.2. The SMILES string of the molecule is CS(C)(=O)=NC1=CC(F)=C(c2ccc(OCC(F)(F)C(F)(F)F)cn2)N(O)C1. The monoisotopic (exact) mass is 431 g/mol. The van der Waals surface area contributed by atoms with Gasteiger partial charge < -0.3 is 4.74 Å². The number of pyridine rings is 1. The molecule has 6 nitrogen and oxygen atoms in total. The van der Waals surface area contributed by atoms with E-state index >= 15 is 0 Å². The first-order valence-corrected chi connectivity index (χ1v) is 9.80. The van der Waals surface area contributed by atoms with Crippen molar-refractivity contribution < 1.29 is 40.5 Å². The molecule has 0 radical (unpaired) electrons. The Bertz CT molecular complexity index is 910. The number of hydrogen-bond donors (Lipinski definition) is 1. The van der Waals surface area contributed by atoms with Crippen molar-refractivity contribution in [1.82, 2.24) is 10.0 Å². The lowest BCUT2D eigenvalue weighted by atomic mass is 10.1. The van der Waals surface area contributed by atoms with Crippen molar-refractivity contribution in [1.29, 1.82) is 0 Å². The van der Waals surface area contributed by atoms with Crippen LogP contribution < -0.4 is 4.74 Å². The zero-order valence-electron chi connectivity index (χ0n) is 14.5. The normalized spacial score (nSPS) is 16.2. The minimum atomic E-state index is -5.76. The van der Waals surface area contributed by atoms with Crippen molar-refractivity contribution in [3.8, 4) is 5.75 Å². The van der Waals surface area contributed by atoms with Crippen LogP contribution >= 0.6 is 0 Å². The van der Waals surface area contributed by atoms with E-state index in [-0.39, 0.29) is 23.6 Å². The third kappa shape index (κ3) is 5.38. The molecule has 1 aliphatic heterocycles. The largest absolute Gasteiger partial charge is 0.485 e. The summed E-state index contributed by atoms with van der Waals surface area (Å²) in [5.41, 5.74) is -0.503. The number of nitrogens with zero attached hydrogens (tertiary/aromatic N) is 3. The van der Waals surface area contributed by atoms with Crippen LogP contribution in [0.25, 0.3) is 5.70 Å². The lowest BCUT2D eigenvalue weighted by Gasteiger charge is -2.24. The van der Waals surface area contributed by atoms with Crippen molar-refractivity contribution in [3.05, 3.63) is 41.6 Å². The predicted octanol–water partition coefficient (Wildman–Crippen LogP) is 3.61. The maximum atomic E-state index is 14.3. The molecule has 0 saturated carbocycles. The summed E-state index contributed by atoms with van der Waals surface area (Å²) in [6.45, 7) is -2.24. The van der Waals surface area contributed by atoms with Crippen LogP contribution in [-0.2, 0) is 9.73 Å². The van der Waals surface area contributed by atoms with Crippen LogP contribution in [0.1, 0.15) is 5.69 Å². The average Bonchev–Trinajstić information content (AvgIpc) is 2.50. The Morgan fingerprint density at radius 3 is 2.39 bits per heavy atom. The molecule has 0 aliphatic carbocycles. The van der Waals surface area contributed by atoms with Gasteiger partial charge in [-0.15, -0.1) is 0 Å². The highest BCUT2D eigenvalue weighted by Crippen LogP contribution is 2.36. The van der Waals surface area contributed by atoms with Crippen LogP contribution in [0, 0.1) is 0 Å². The summed E-state index contributed by atoms with van der Waals surface area (Å²) in [6.07, 6.45) is -1.34. The smallest absolute Gasteiger partial charge is 0.456 e. The molecule has 13 heteroatoms. The maximum Gasteiger partial charge on any atom is 0.456 e. The van der Waals surface area contributed by atoms with Crippen molar-refractivity contribution in [2.24, 2.45) is 4.36 Å². The molecule has 0 amide bonds. The van der Waals surface area contributed by atoms with E-state index in [2.05, 4.69) is 14.1 Å². The van der Waals surface area contributed by atoms with Gasteiger partial charge in [0.25, 0.3) is 0 Å². The molecule has 1 aromatic heterocycles. The van der Waals surface area contributed by atoms with Crippen molar-refractivity contribution in [3.63, 3.8) is 0 Å². The fourth-order valence-electron chi connectivity index (χ4n) is 2.07. The van der Waals surface area contributed by atoms with Crippen molar-refractivity contribution >= 4 is 15.4 Å². The van der Waals surface area contributed by atoms with Gasteiger partial charge in [0.15, 0.2) is 12.4 Å². The summed E-state index contributed by atoms with van der Waals surface area (Å²) in [7, 11) is -2.58. The quantitative estimate of drug-likeness (QED) is 0.721. The lowest BCUT2D eigenvalue weighted by molar-refractivity contribution is -0.290. The summed E-state index contributed by atoms with van der Waals surface area (Å²) < 4.78 is 96.1. The third-order valence-electron chi connectivity index (χ3n) is 3.24. The number of allylic oxidation sites excluding steroid dienone is 2. The first-order chi connectivity index (χ1) is 12.7. The van der Waals surface area contributed by atoms with Crippen molar-refractivity contribution in [2.45, 2.75) is 12.1 Å². The summed E-state index contributed by atoms with van der Waals surface area (Å²) in [4.78, 5) is 3.70.